The molecular weight excluding hydrogens is 478 g/mol. The Kier molecular flexibility index (Phi) is 11.1. The number of amides is 1. The summed E-state index contributed by atoms with van der Waals surface area (Å²) in [5, 5.41) is 3.27. The first-order chi connectivity index (χ1) is 13.0. The fourth-order valence-electron chi connectivity index (χ4n) is 2.57. The van der Waals surface area contributed by atoms with E-state index in [-0.39, 0.29) is 54.1 Å². The van der Waals surface area contributed by atoms with Gasteiger partial charge in [0.2, 0.25) is 5.91 Å². The van der Waals surface area contributed by atoms with Gasteiger partial charge in [-0.25, -0.2) is 9.38 Å². The van der Waals surface area contributed by atoms with Crippen molar-refractivity contribution in [3.8, 4) is 5.75 Å². The van der Waals surface area contributed by atoms with Gasteiger partial charge in [-0.2, -0.15) is 0 Å². The predicted molar refractivity (Wildman–Crippen MR) is 118 cm³/mol. The number of nitrogens with one attached hydrogen (secondary N) is 1. The van der Waals surface area contributed by atoms with Crippen LogP contribution in [0.25, 0.3) is 0 Å². The maximum absolute atomic E-state index is 13.6. The van der Waals surface area contributed by atoms with Crippen LogP contribution >= 0.6 is 24.0 Å². The van der Waals surface area contributed by atoms with Gasteiger partial charge in [0.05, 0.1) is 12.6 Å². The summed E-state index contributed by atoms with van der Waals surface area (Å²) in [6, 6.07) is 6.30. The molecule has 1 amide bonds. The SMILES string of the molecule is CN(C)C(=O)CN=C(NCC1CCCO1)N(C)CCOc1ccccc1F.I. The Morgan fingerprint density at radius 3 is 2.75 bits per heavy atom. The van der Waals surface area contributed by atoms with Crippen molar-refractivity contribution >= 4 is 35.8 Å². The maximum Gasteiger partial charge on any atom is 0.243 e. The Morgan fingerprint density at radius 2 is 2.11 bits per heavy atom. The number of ether oxygens (including phenoxy) is 2. The van der Waals surface area contributed by atoms with Gasteiger partial charge in [-0.15, -0.1) is 24.0 Å². The molecule has 1 aromatic rings. The highest BCUT2D eigenvalue weighted by Gasteiger charge is 2.17. The number of hydrogen-bond acceptors (Lipinski definition) is 4. The number of carbonyl (C=O) groups is 1. The van der Waals surface area contributed by atoms with Crippen molar-refractivity contribution in [2.45, 2.75) is 18.9 Å². The molecule has 1 aliphatic heterocycles. The van der Waals surface area contributed by atoms with Crippen molar-refractivity contribution in [2.24, 2.45) is 4.99 Å². The molecule has 1 fully saturated rings. The first-order valence-corrected chi connectivity index (χ1v) is 9.16. The first kappa shape index (κ1) is 24.4. The fourth-order valence-corrected chi connectivity index (χ4v) is 2.57. The number of rotatable bonds is 8. The molecule has 9 heteroatoms. The number of para-hydroxylation sites is 1. The Balaban J connectivity index is 0.00000392. The molecule has 158 valence electrons. The average molecular weight is 508 g/mol. The van der Waals surface area contributed by atoms with Gasteiger partial charge in [-0.3, -0.25) is 4.79 Å². The van der Waals surface area contributed by atoms with Crippen LogP contribution in [0.1, 0.15) is 12.8 Å². The summed E-state index contributed by atoms with van der Waals surface area (Å²) in [4.78, 5) is 19.6. The average Bonchev–Trinajstić information content (AvgIpc) is 3.16. The van der Waals surface area contributed by atoms with E-state index in [0.717, 1.165) is 19.4 Å². The van der Waals surface area contributed by atoms with Crippen LogP contribution in [-0.4, -0.2) is 81.8 Å². The van der Waals surface area contributed by atoms with Gasteiger partial charge in [-0.1, -0.05) is 12.1 Å². The van der Waals surface area contributed by atoms with Gasteiger partial charge >= 0.3 is 0 Å². The second-order valence-corrected chi connectivity index (χ2v) is 6.64. The summed E-state index contributed by atoms with van der Waals surface area (Å²) in [5.41, 5.74) is 0. The molecule has 7 nitrogen and oxygen atoms in total. The van der Waals surface area contributed by atoms with Gasteiger partial charge in [0.1, 0.15) is 13.2 Å². The van der Waals surface area contributed by atoms with E-state index in [2.05, 4.69) is 10.3 Å². The van der Waals surface area contributed by atoms with Crippen LogP contribution in [0.3, 0.4) is 0 Å². The van der Waals surface area contributed by atoms with E-state index in [1.165, 1.54) is 11.0 Å². The smallest absolute Gasteiger partial charge is 0.243 e. The van der Waals surface area contributed by atoms with Crippen molar-refractivity contribution in [3.63, 3.8) is 0 Å². The molecule has 2 rings (SSSR count). The van der Waals surface area contributed by atoms with Gasteiger partial charge in [0, 0.05) is 34.3 Å². The number of likely N-dealkylation sites (N-methyl/N-ethyl adjacent to an activating group) is 2. The van der Waals surface area contributed by atoms with Crippen molar-refractivity contribution in [2.75, 3.05) is 54.0 Å². The molecule has 0 radical (unpaired) electrons. The van der Waals surface area contributed by atoms with E-state index in [4.69, 9.17) is 9.47 Å². The topological polar surface area (TPSA) is 66.4 Å². The fraction of sp³-hybridized carbons (Fsp3) is 0.579. The van der Waals surface area contributed by atoms with E-state index in [1.54, 1.807) is 32.3 Å². The molecule has 1 aromatic carbocycles. The summed E-state index contributed by atoms with van der Waals surface area (Å²) in [7, 11) is 5.25. The summed E-state index contributed by atoms with van der Waals surface area (Å²) in [6.07, 6.45) is 2.23. The van der Waals surface area contributed by atoms with Gasteiger partial charge in [0.25, 0.3) is 0 Å². The molecular formula is C19H30FIN4O3. The van der Waals surface area contributed by atoms with Crippen LogP contribution in [0.4, 0.5) is 4.39 Å². The Labute approximate surface area is 183 Å². The van der Waals surface area contributed by atoms with Crippen molar-refractivity contribution in [3.05, 3.63) is 30.1 Å². The molecule has 1 atom stereocenters. The zero-order valence-electron chi connectivity index (χ0n) is 16.7. The quantitative estimate of drug-likeness (QED) is 0.331. The number of halogens is 2. The number of guanidine groups is 1. The highest BCUT2D eigenvalue weighted by Crippen LogP contribution is 2.15. The van der Waals surface area contributed by atoms with Crippen LogP contribution in [-0.2, 0) is 9.53 Å². The lowest BCUT2D eigenvalue weighted by Crippen LogP contribution is -2.44. The standard InChI is InChI=1S/C19H29FN4O3.HI/c1-23(2)18(25)14-22-19(21-13-15-7-6-11-26-15)24(3)10-12-27-17-9-5-4-8-16(17)20;/h4-5,8-9,15H,6-7,10-14H2,1-3H3,(H,21,22);1H. The van der Waals surface area contributed by atoms with Gasteiger partial charge < -0.3 is 24.6 Å². The second kappa shape index (κ2) is 12.8. The predicted octanol–water partition coefficient (Wildman–Crippen LogP) is 1.97. The Bertz CT molecular complexity index is 639. The molecule has 1 unspecified atom stereocenters. The minimum atomic E-state index is -0.387. The zero-order chi connectivity index (χ0) is 19.6. The van der Waals surface area contributed by atoms with Gasteiger partial charge in [0.15, 0.2) is 17.5 Å². The van der Waals surface area contributed by atoms with Crippen molar-refractivity contribution in [1.29, 1.82) is 0 Å². The van der Waals surface area contributed by atoms with E-state index in [0.29, 0.717) is 25.7 Å². The monoisotopic (exact) mass is 508 g/mol. The summed E-state index contributed by atoms with van der Waals surface area (Å²) in [6.45, 7) is 2.25. The van der Waals surface area contributed by atoms with Crippen LogP contribution in [0.2, 0.25) is 0 Å². The lowest BCUT2D eigenvalue weighted by atomic mass is 10.2. The Hall–Kier alpha value is -1.62. The summed E-state index contributed by atoms with van der Waals surface area (Å²) < 4.78 is 24.7. The maximum atomic E-state index is 13.6. The van der Waals surface area contributed by atoms with Crippen molar-refractivity contribution < 1.29 is 18.7 Å². The Morgan fingerprint density at radius 1 is 1.36 bits per heavy atom. The van der Waals surface area contributed by atoms with Crippen LogP contribution in [0.15, 0.2) is 29.3 Å². The second-order valence-electron chi connectivity index (χ2n) is 6.64. The number of nitrogens with zero attached hydrogens (tertiary/aromatic N) is 3. The van der Waals surface area contributed by atoms with Crippen LogP contribution in [0.5, 0.6) is 5.75 Å². The van der Waals surface area contributed by atoms with Gasteiger partial charge in [-0.05, 0) is 25.0 Å². The molecule has 0 saturated carbocycles. The molecule has 0 spiro atoms. The number of carbonyl (C=O) groups excluding carboxylic acids is 1. The summed E-state index contributed by atoms with van der Waals surface area (Å²) in [5.74, 6) is 0.349. The van der Waals surface area contributed by atoms with Crippen LogP contribution in [0, 0.1) is 5.82 Å². The first-order valence-electron chi connectivity index (χ1n) is 9.16. The molecule has 1 N–H and O–H groups in total. The normalized spacial score (nSPS) is 16.3. The summed E-state index contributed by atoms with van der Waals surface area (Å²) >= 11 is 0. The molecule has 0 bridgehead atoms. The molecule has 1 saturated heterocycles. The van der Waals surface area contributed by atoms with Crippen molar-refractivity contribution in [1.82, 2.24) is 15.1 Å². The van der Waals surface area contributed by atoms with E-state index < -0.39 is 0 Å². The number of benzene rings is 1. The van der Waals surface area contributed by atoms with Crippen LogP contribution < -0.4 is 10.1 Å². The van der Waals surface area contributed by atoms with E-state index in [9.17, 15) is 9.18 Å². The molecule has 0 aliphatic carbocycles. The number of aliphatic imine (C=N–C) groups is 1. The molecule has 28 heavy (non-hydrogen) atoms. The van der Waals surface area contributed by atoms with E-state index in [1.807, 2.05) is 11.9 Å². The number of hydrogen-bond donors (Lipinski definition) is 1. The molecule has 1 heterocycles. The lowest BCUT2D eigenvalue weighted by molar-refractivity contribution is -0.127. The third-order valence-electron chi connectivity index (χ3n) is 4.26. The molecule has 1 aliphatic rings. The third kappa shape index (κ3) is 8.17. The largest absolute Gasteiger partial charge is 0.489 e. The highest BCUT2D eigenvalue weighted by molar-refractivity contribution is 14.0. The zero-order valence-corrected chi connectivity index (χ0v) is 19.0. The minimum absolute atomic E-state index is 0. The van der Waals surface area contributed by atoms with E-state index >= 15 is 0 Å². The highest BCUT2D eigenvalue weighted by atomic mass is 127. The lowest BCUT2D eigenvalue weighted by Gasteiger charge is -2.24. The molecule has 0 aromatic heterocycles. The minimum Gasteiger partial charge on any atom is -0.489 e. The third-order valence-corrected chi connectivity index (χ3v) is 4.26.